The highest BCUT2D eigenvalue weighted by atomic mass is 16.7. The molecule has 7 nitrogen and oxygen atoms in total. The second-order valence-electron chi connectivity index (χ2n) is 5.29. The Labute approximate surface area is 132 Å². The zero-order valence-corrected chi connectivity index (χ0v) is 12.2. The molecule has 0 aliphatic carbocycles. The van der Waals surface area contributed by atoms with Crippen molar-refractivity contribution in [2.24, 2.45) is 0 Å². The highest BCUT2D eigenvalue weighted by Crippen LogP contribution is 2.29. The summed E-state index contributed by atoms with van der Waals surface area (Å²) in [4.78, 5) is 0. The van der Waals surface area contributed by atoms with E-state index in [1.54, 1.807) is 12.1 Å². The maximum absolute atomic E-state index is 10.1. The predicted molar refractivity (Wildman–Crippen MR) is 82.0 cm³/mol. The molecule has 3 rings (SSSR count). The fourth-order valence-electron chi connectivity index (χ4n) is 2.64. The van der Waals surface area contributed by atoms with Crippen molar-refractivity contribution in [3.05, 3.63) is 42.5 Å². The molecule has 1 fully saturated rings. The fourth-order valence-corrected chi connectivity index (χ4v) is 2.64. The lowest BCUT2D eigenvalue weighted by atomic mass is 9.99. The Kier molecular flexibility index (Phi) is 5.53. The van der Waals surface area contributed by atoms with Crippen molar-refractivity contribution < 1.29 is 35.4 Å². The van der Waals surface area contributed by atoms with Gasteiger partial charge in [-0.25, -0.2) is 0 Å². The van der Waals surface area contributed by atoms with Crippen LogP contribution in [-0.4, -0.2) is 63.2 Å². The van der Waals surface area contributed by atoms with Crippen LogP contribution in [0.15, 0.2) is 42.5 Å². The van der Waals surface area contributed by atoms with Gasteiger partial charge in [0.25, 0.3) is 0 Å². The molecule has 0 bridgehead atoms. The summed E-state index contributed by atoms with van der Waals surface area (Å²) in [6.07, 6.45) is -6.36. The van der Waals surface area contributed by atoms with Crippen LogP contribution in [-0.2, 0) is 4.74 Å². The molecule has 5 atom stereocenters. The van der Waals surface area contributed by atoms with Gasteiger partial charge < -0.3 is 35.4 Å². The minimum Gasteiger partial charge on any atom is -0.482 e. The molecule has 0 radical (unpaired) electrons. The third kappa shape index (κ3) is 3.30. The molecule has 0 amide bonds. The van der Waals surface area contributed by atoms with Gasteiger partial charge in [0.1, 0.15) is 24.1 Å². The summed E-state index contributed by atoms with van der Waals surface area (Å²) in [7, 11) is 0. The highest BCUT2D eigenvalue weighted by molar-refractivity contribution is 5.88. The van der Waals surface area contributed by atoms with Crippen LogP contribution in [0.3, 0.4) is 0 Å². The second-order valence-corrected chi connectivity index (χ2v) is 5.29. The van der Waals surface area contributed by atoms with Crippen LogP contribution in [0.25, 0.3) is 10.8 Å². The molecular weight excluding hydrogens is 304 g/mol. The van der Waals surface area contributed by atoms with Crippen LogP contribution in [0.4, 0.5) is 0 Å². The Morgan fingerprint density at radius 3 is 2.39 bits per heavy atom. The first kappa shape index (κ1) is 17.6. The average Bonchev–Trinajstić information content (AvgIpc) is 2.55. The maximum Gasteiger partial charge on any atom is 0.195 e. The molecule has 1 aliphatic rings. The molecule has 1 aliphatic heterocycles. The van der Waals surface area contributed by atoms with Crippen molar-refractivity contribution in [1.82, 2.24) is 0 Å². The Hall–Kier alpha value is -1.74. The van der Waals surface area contributed by atoms with E-state index in [2.05, 4.69) is 0 Å². The molecule has 0 saturated carbocycles. The summed E-state index contributed by atoms with van der Waals surface area (Å²) in [6, 6.07) is 13.0. The van der Waals surface area contributed by atoms with Gasteiger partial charge in [0.2, 0.25) is 0 Å². The smallest absolute Gasteiger partial charge is 0.195 e. The SMILES string of the molecule is O.OC[C@H]1O[C@@H](O)[C@H](Oc2cccc3ccccc23)[C@@H](O)[C@H]1O. The molecule has 0 aromatic heterocycles. The van der Waals surface area contributed by atoms with E-state index in [0.29, 0.717) is 5.75 Å². The van der Waals surface area contributed by atoms with Gasteiger partial charge in [-0.2, -0.15) is 0 Å². The van der Waals surface area contributed by atoms with Crippen LogP contribution in [0.2, 0.25) is 0 Å². The summed E-state index contributed by atoms with van der Waals surface area (Å²) in [5.74, 6) is 0.472. The number of hydrogen-bond donors (Lipinski definition) is 4. The molecule has 1 saturated heterocycles. The normalized spacial score (nSPS) is 30.7. The summed E-state index contributed by atoms with van der Waals surface area (Å²) in [5.41, 5.74) is 0. The van der Waals surface area contributed by atoms with E-state index in [4.69, 9.17) is 14.6 Å². The van der Waals surface area contributed by atoms with Gasteiger partial charge in [-0.15, -0.1) is 0 Å². The third-order valence-electron chi connectivity index (χ3n) is 3.86. The number of rotatable bonds is 3. The van der Waals surface area contributed by atoms with Gasteiger partial charge in [-0.1, -0.05) is 36.4 Å². The van der Waals surface area contributed by atoms with E-state index < -0.39 is 37.3 Å². The van der Waals surface area contributed by atoms with E-state index in [1.165, 1.54) is 0 Å². The summed E-state index contributed by atoms with van der Waals surface area (Å²) in [5, 5.41) is 40.8. The molecule has 7 heteroatoms. The minimum atomic E-state index is -1.45. The zero-order valence-electron chi connectivity index (χ0n) is 12.2. The summed E-state index contributed by atoms with van der Waals surface area (Å²) >= 11 is 0. The van der Waals surface area contributed by atoms with E-state index >= 15 is 0 Å². The first-order valence-corrected chi connectivity index (χ1v) is 7.07. The molecule has 0 spiro atoms. The molecule has 0 unspecified atom stereocenters. The lowest BCUT2D eigenvalue weighted by molar-refractivity contribution is -0.280. The number of ether oxygens (including phenoxy) is 2. The summed E-state index contributed by atoms with van der Waals surface area (Å²) < 4.78 is 10.8. The van der Waals surface area contributed by atoms with Crippen molar-refractivity contribution in [2.75, 3.05) is 6.61 Å². The van der Waals surface area contributed by atoms with Gasteiger partial charge in [0.15, 0.2) is 12.4 Å². The number of aliphatic hydroxyl groups excluding tert-OH is 4. The Bertz CT molecular complexity index is 642. The molecular formula is C16H20O7. The van der Waals surface area contributed by atoms with Crippen LogP contribution in [0.1, 0.15) is 0 Å². The van der Waals surface area contributed by atoms with Crippen LogP contribution >= 0.6 is 0 Å². The standard InChI is InChI=1S/C16H18O6.H2O/c17-8-12-13(18)14(19)15(16(20)22-12)21-11-7-3-5-9-4-1-2-6-10(9)11;/h1-7,12-20H,8H2;1H2/t12-,13+,14+,15-,16-;/m1./s1. The quantitative estimate of drug-likeness (QED) is 0.584. The zero-order chi connectivity index (χ0) is 15.7. The molecule has 2 aromatic rings. The van der Waals surface area contributed by atoms with Gasteiger partial charge in [0, 0.05) is 5.39 Å². The lowest BCUT2D eigenvalue weighted by Gasteiger charge is -2.39. The number of fused-ring (bicyclic) bond motifs is 1. The molecule has 23 heavy (non-hydrogen) atoms. The van der Waals surface area contributed by atoms with Crippen molar-refractivity contribution >= 4 is 10.8 Å². The first-order valence-electron chi connectivity index (χ1n) is 7.07. The van der Waals surface area contributed by atoms with Gasteiger partial charge in [0.05, 0.1) is 6.61 Å². The monoisotopic (exact) mass is 324 g/mol. The van der Waals surface area contributed by atoms with Crippen molar-refractivity contribution in [2.45, 2.75) is 30.7 Å². The van der Waals surface area contributed by atoms with Crippen LogP contribution < -0.4 is 4.74 Å². The molecule has 6 N–H and O–H groups in total. The Balaban J connectivity index is 0.00000192. The number of benzene rings is 2. The third-order valence-corrected chi connectivity index (χ3v) is 3.86. The molecule has 2 aromatic carbocycles. The molecule has 126 valence electrons. The number of hydrogen-bond acceptors (Lipinski definition) is 6. The van der Waals surface area contributed by atoms with Gasteiger partial charge in [-0.05, 0) is 11.5 Å². The minimum absolute atomic E-state index is 0. The lowest BCUT2D eigenvalue weighted by Crippen LogP contribution is -2.60. The van der Waals surface area contributed by atoms with Crippen molar-refractivity contribution in [1.29, 1.82) is 0 Å². The predicted octanol–water partition coefficient (Wildman–Crippen LogP) is -0.806. The Morgan fingerprint density at radius 2 is 1.65 bits per heavy atom. The van der Waals surface area contributed by atoms with Crippen LogP contribution in [0.5, 0.6) is 5.75 Å². The van der Waals surface area contributed by atoms with Crippen LogP contribution in [0, 0.1) is 0 Å². The topological polar surface area (TPSA) is 131 Å². The largest absolute Gasteiger partial charge is 0.482 e. The number of aliphatic hydroxyl groups is 4. The van der Waals surface area contributed by atoms with E-state index in [1.807, 2.05) is 30.3 Å². The Morgan fingerprint density at radius 1 is 0.957 bits per heavy atom. The molecule has 1 heterocycles. The first-order chi connectivity index (χ1) is 10.6. The maximum atomic E-state index is 10.1. The van der Waals surface area contributed by atoms with E-state index in [-0.39, 0.29) is 5.48 Å². The van der Waals surface area contributed by atoms with Crippen molar-refractivity contribution in [3.63, 3.8) is 0 Å². The van der Waals surface area contributed by atoms with E-state index in [0.717, 1.165) is 10.8 Å². The fraction of sp³-hybridized carbons (Fsp3) is 0.375. The average molecular weight is 324 g/mol. The van der Waals surface area contributed by atoms with Gasteiger partial charge >= 0.3 is 0 Å². The van der Waals surface area contributed by atoms with Gasteiger partial charge in [-0.3, -0.25) is 0 Å². The summed E-state index contributed by atoms with van der Waals surface area (Å²) in [6.45, 7) is -0.504. The van der Waals surface area contributed by atoms with Crippen molar-refractivity contribution in [3.8, 4) is 5.75 Å². The highest BCUT2D eigenvalue weighted by Gasteiger charge is 2.45. The second kappa shape index (κ2) is 7.22. The van der Waals surface area contributed by atoms with E-state index in [9.17, 15) is 15.3 Å².